The molecule has 0 aliphatic carbocycles. The van der Waals surface area contributed by atoms with Crippen molar-refractivity contribution in [2.75, 3.05) is 0 Å². The van der Waals surface area contributed by atoms with Crippen LogP contribution in [0.5, 0.6) is 5.75 Å². The van der Waals surface area contributed by atoms with Gasteiger partial charge < -0.3 is 4.74 Å². The summed E-state index contributed by atoms with van der Waals surface area (Å²) >= 11 is 3.48. The van der Waals surface area contributed by atoms with Crippen LogP contribution in [-0.4, -0.2) is 15.9 Å². The van der Waals surface area contributed by atoms with E-state index in [4.69, 9.17) is 14.8 Å². The smallest absolute Gasteiger partial charge is 0.282 e. The van der Waals surface area contributed by atoms with Crippen molar-refractivity contribution in [2.24, 2.45) is 5.10 Å². The van der Waals surface area contributed by atoms with Gasteiger partial charge in [-0.15, -0.1) is 0 Å². The van der Waals surface area contributed by atoms with Crippen molar-refractivity contribution in [1.29, 1.82) is 0 Å². The Kier molecular flexibility index (Phi) is 6.72. The fourth-order valence-electron chi connectivity index (χ4n) is 4.97. The lowest BCUT2D eigenvalue weighted by Gasteiger charge is -2.21. The van der Waals surface area contributed by atoms with Crippen molar-refractivity contribution in [3.63, 3.8) is 0 Å². The molecular weight excluding hydrogens is 562 g/mol. The van der Waals surface area contributed by atoms with E-state index >= 15 is 0 Å². The summed E-state index contributed by atoms with van der Waals surface area (Å²) in [6.45, 7) is 6.49. The molecule has 5 aromatic carbocycles. The minimum Gasteiger partial charge on any atom is -0.488 e. The van der Waals surface area contributed by atoms with Gasteiger partial charge in [-0.3, -0.25) is 4.79 Å². The second kappa shape index (κ2) is 10.4. The molecule has 0 saturated heterocycles. The second-order valence-electron chi connectivity index (χ2n) is 10.8. The Balaban J connectivity index is 1.48. The van der Waals surface area contributed by atoms with Crippen molar-refractivity contribution in [1.82, 2.24) is 9.66 Å². The average Bonchev–Trinajstić information content (AvgIpc) is 2.95. The first-order valence-electron chi connectivity index (χ1n) is 13.2. The number of aromatic nitrogens is 2. The van der Waals surface area contributed by atoms with Gasteiger partial charge in [0, 0.05) is 15.5 Å². The van der Waals surface area contributed by atoms with E-state index in [2.05, 4.69) is 52.3 Å². The molecule has 6 rings (SSSR count). The van der Waals surface area contributed by atoms with E-state index in [0.29, 0.717) is 29.1 Å². The van der Waals surface area contributed by atoms with E-state index < -0.39 is 5.41 Å². The topological polar surface area (TPSA) is 56.5 Å². The van der Waals surface area contributed by atoms with Crippen LogP contribution in [0.4, 0.5) is 0 Å². The summed E-state index contributed by atoms with van der Waals surface area (Å²) in [7, 11) is 0. The number of benzene rings is 5. The van der Waals surface area contributed by atoms with Gasteiger partial charge in [-0.2, -0.15) is 9.78 Å². The molecule has 0 bridgehead atoms. The molecule has 0 spiro atoms. The van der Waals surface area contributed by atoms with Crippen LogP contribution >= 0.6 is 15.9 Å². The summed E-state index contributed by atoms with van der Waals surface area (Å²) in [6.07, 6.45) is 1.73. The number of hydrogen-bond acceptors (Lipinski definition) is 4. The van der Waals surface area contributed by atoms with Gasteiger partial charge in [0.1, 0.15) is 18.2 Å². The third-order valence-electron chi connectivity index (χ3n) is 6.98. The first-order valence-corrected chi connectivity index (χ1v) is 14.0. The number of ether oxygens (including phenoxy) is 1. The Labute approximate surface area is 240 Å². The van der Waals surface area contributed by atoms with Crippen molar-refractivity contribution in [2.45, 2.75) is 32.8 Å². The molecular formula is C34H28BrN3O2. The molecule has 0 N–H and O–H groups in total. The van der Waals surface area contributed by atoms with Gasteiger partial charge in [0.15, 0.2) is 0 Å². The van der Waals surface area contributed by atoms with Gasteiger partial charge in [0.05, 0.1) is 17.1 Å². The standard InChI is InChI=1S/C34H28BrN3O2/c1-34(2,3)33-37-30-17-16-25(35)19-28(30)32(39)38(33)36-20-29-27-14-7-5-10-23(27)15-18-31(29)40-21-24-12-8-11-22-9-4-6-13-26(22)24/h4-20H,21H2,1-3H3. The predicted octanol–water partition coefficient (Wildman–Crippen LogP) is 8.22. The maximum absolute atomic E-state index is 13.7. The van der Waals surface area contributed by atoms with Crippen LogP contribution in [0.25, 0.3) is 32.4 Å². The van der Waals surface area contributed by atoms with Crippen LogP contribution in [0.15, 0.2) is 111 Å². The van der Waals surface area contributed by atoms with Gasteiger partial charge in [0.2, 0.25) is 0 Å². The molecule has 198 valence electrons. The van der Waals surface area contributed by atoms with E-state index in [1.54, 1.807) is 12.3 Å². The lowest BCUT2D eigenvalue weighted by molar-refractivity contribution is 0.307. The summed E-state index contributed by atoms with van der Waals surface area (Å²) in [5.74, 6) is 1.28. The minimum absolute atomic E-state index is 0.217. The zero-order valence-corrected chi connectivity index (χ0v) is 24.1. The van der Waals surface area contributed by atoms with Crippen LogP contribution < -0.4 is 10.3 Å². The van der Waals surface area contributed by atoms with Crippen molar-refractivity contribution in [3.05, 3.63) is 129 Å². The summed E-state index contributed by atoms with van der Waals surface area (Å²) < 4.78 is 8.68. The molecule has 0 aliphatic rings. The first-order chi connectivity index (χ1) is 19.3. The van der Waals surface area contributed by atoms with Crippen molar-refractivity contribution >= 4 is 54.6 Å². The normalized spacial score (nSPS) is 12.1. The van der Waals surface area contributed by atoms with E-state index in [9.17, 15) is 4.79 Å². The SMILES string of the molecule is CC(C)(C)c1nc2ccc(Br)cc2c(=O)n1N=Cc1c(OCc2cccc3ccccc23)ccc2ccccc12. The molecule has 1 aromatic heterocycles. The third-order valence-corrected chi connectivity index (χ3v) is 7.47. The van der Waals surface area contributed by atoms with Crippen LogP contribution in [0.3, 0.4) is 0 Å². The molecule has 5 nitrogen and oxygen atoms in total. The minimum atomic E-state index is -0.412. The van der Waals surface area contributed by atoms with Gasteiger partial charge in [-0.25, -0.2) is 4.98 Å². The Morgan fingerprint density at radius 1 is 0.850 bits per heavy atom. The molecule has 0 fully saturated rings. The number of halogens is 1. The first kappa shape index (κ1) is 26.0. The summed E-state index contributed by atoms with van der Waals surface area (Å²) in [4.78, 5) is 18.6. The van der Waals surface area contributed by atoms with Crippen molar-refractivity contribution in [3.8, 4) is 5.75 Å². The molecule has 0 unspecified atom stereocenters. The van der Waals surface area contributed by atoms with Crippen LogP contribution in [0.2, 0.25) is 0 Å². The largest absolute Gasteiger partial charge is 0.488 e. The molecule has 1 heterocycles. The highest BCUT2D eigenvalue weighted by atomic mass is 79.9. The summed E-state index contributed by atoms with van der Waals surface area (Å²) in [6, 6.07) is 32.2. The average molecular weight is 591 g/mol. The fourth-order valence-corrected chi connectivity index (χ4v) is 5.33. The molecule has 0 saturated carbocycles. The van der Waals surface area contributed by atoms with E-state index in [0.717, 1.165) is 31.8 Å². The highest BCUT2D eigenvalue weighted by Crippen LogP contribution is 2.29. The highest BCUT2D eigenvalue weighted by Gasteiger charge is 2.23. The molecule has 40 heavy (non-hydrogen) atoms. The maximum atomic E-state index is 13.7. The van der Waals surface area contributed by atoms with Gasteiger partial charge >= 0.3 is 0 Å². The molecule has 0 radical (unpaired) electrons. The molecule has 0 atom stereocenters. The predicted molar refractivity (Wildman–Crippen MR) is 168 cm³/mol. The summed E-state index contributed by atoms with van der Waals surface area (Å²) in [5.41, 5.74) is 1.92. The molecule has 0 aliphatic heterocycles. The molecule has 6 heteroatoms. The number of hydrogen-bond donors (Lipinski definition) is 0. The van der Waals surface area contributed by atoms with Crippen LogP contribution in [-0.2, 0) is 12.0 Å². The monoisotopic (exact) mass is 589 g/mol. The number of rotatable bonds is 5. The molecule has 0 amide bonds. The highest BCUT2D eigenvalue weighted by molar-refractivity contribution is 9.10. The third kappa shape index (κ3) is 4.91. The Morgan fingerprint density at radius 2 is 1.55 bits per heavy atom. The Hall–Kier alpha value is -4.29. The Morgan fingerprint density at radius 3 is 2.33 bits per heavy atom. The lowest BCUT2D eigenvalue weighted by Crippen LogP contribution is -2.29. The van der Waals surface area contributed by atoms with Gasteiger partial charge in [0.25, 0.3) is 5.56 Å². The Bertz CT molecular complexity index is 1980. The maximum Gasteiger partial charge on any atom is 0.282 e. The van der Waals surface area contributed by atoms with Crippen molar-refractivity contribution < 1.29 is 4.74 Å². The molecule has 6 aromatic rings. The number of fused-ring (bicyclic) bond motifs is 3. The van der Waals surface area contributed by atoms with E-state index in [1.165, 1.54) is 10.1 Å². The fraction of sp³-hybridized carbons (Fsp3) is 0.147. The zero-order valence-electron chi connectivity index (χ0n) is 22.6. The quantitative estimate of drug-likeness (QED) is 0.190. The number of nitrogens with zero attached hydrogens (tertiary/aromatic N) is 3. The zero-order chi connectivity index (χ0) is 27.9. The second-order valence-corrected chi connectivity index (χ2v) is 11.7. The van der Waals surface area contributed by atoms with E-state index in [-0.39, 0.29) is 5.56 Å². The van der Waals surface area contributed by atoms with Gasteiger partial charge in [-0.05, 0) is 51.4 Å². The van der Waals surface area contributed by atoms with Crippen LogP contribution in [0.1, 0.15) is 37.7 Å². The summed E-state index contributed by atoms with van der Waals surface area (Å²) in [5, 5.41) is 9.65. The van der Waals surface area contributed by atoms with E-state index in [1.807, 2.05) is 75.4 Å². The van der Waals surface area contributed by atoms with Crippen LogP contribution in [0, 0.1) is 0 Å². The van der Waals surface area contributed by atoms with Gasteiger partial charge in [-0.1, -0.05) is 109 Å². The lowest BCUT2D eigenvalue weighted by atomic mass is 9.95.